The van der Waals surface area contributed by atoms with Gasteiger partial charge in [-0.3, -0.25) is 10.6 Å². The van der Waals surface area contributed by atoms with Crippen LogP contribution in [0.2, 0.25) is 0 Å². The zero-order valence-corrected chi connectivity index (χ0v) is 24.5. The number of esters is 1. The molecule has 11 nitrogen and oxygen atoms in total. The Morgan fingerprint density at radius 2 is 1.83 bits per heavy atom. The summed E-state index contributed by atoms with van der Waals surface area (Å²) >= 11 is 0. The standard InChI is InChI=1S/C31H40N8O3/c1-37-15-17-39(18-16-37)23-10-13-38(14-11-23)24-7-8-25(27(20-24)41-2)31(32)35-26-9-12-33-28(26)29(36-31)34-22-6-4-5-21(19-22)30(40)42-3/h4-9,12,19-20,23,33,35H,10-11,13-18,32H2,1-3H3,(H,34,36). The van der Waals surface area contributed by atoms with E-state index in [-0.39, 0.29) is 0 Å². The van der Waals surface area contributed by atoms with Crippen molar-refractivity contribution in [3.05, 3.63) is 71.5 Å². The van der Waals surface area contributed by atoms with Crippen LogP contribution in [0.15, 0.2) is 59.7 Å². The fourth-order valence-corrected chi connectivity index (χ4v) is 6.20. The van der Waals surface area contributed by atoms with Crippen LogP contribution in [0.5, 0.6) is 5.75 Å². The number of carbonyl (C=O) groups excluding carboxylic acids is 1. The smallest absolute Gasteiger partial charge is 0.337 e. The van der Waals surface area contributed by atoms with Crippen LogP contribution in [0, 0.1) is 0 Å². The van der Waals surface area contributed by atoms with Gasteiger partial charge in [-0.1, -0.05) is 6.07 Å². The zero-order valence-electron chi connectivity index (χ0n) is 24.5. The van der Waals surface area contributed by atoms with Crippen LogP contribution < -0.4 is 26.0 Å². The Kier molecular flexibility index (Phi) is 7.80. The zero-order chi connectivity index (χ0) is 29.3. The number of fused-ring (bicyclic) bond motifs is 1. The summed E-state index contributed by atoms with van der Waals surface area (Å²) in [6.45, 7) is 6.64. The number of carbonyl (C=O) groups is 1. The minimum Gasteiger partial charge on any atom is -0.496 e. The predicted molar refractivity (Wildman–Crippen MR) is 166 cm³/mol. The molecule has 3 aromatic rings. The number of aliphatic imine (C=N–C) groups is 1. The molecule has 0 bridgehead atoms. The lowest BCUT2D eigenvalue weighted by molar-refractivity contribution is 0.0600. The predicted octanol–water partition coefficient (Wildman–Crippen LogP) is 3.08. The number of rotatable bonds is 6. The first-order valence-corrected chi connectivity index (χ1v) is 14.5. The Hall–Kier alpha value is -4.06. The molecule has 2 aromatic carbocycles. The van der Waals surface area contributed by atoms with Crippen molar-refractivity contribution in [2.45, 2.75) is 24.7 Å². The lowest BCUT2D eigenvalue weighted by Crippen LogP contribution is -2.52. The van der Waals surface area contributed by atoms with Crippen molar-refractivity contribution in [2.24, 2.45) is 10.7 Å². The number of benzene rings is 2. The highest BCUT2D eigenvalue weighted by atomic mass is 16.5. The fraction of sp³-hybridized carbons (Fsp3) is 0.419. The van der Waals surface area contributed by atoms with Gasteiger partial charge in [0.2, 0.25) is 5.79 Å². The summed E-state index contributed by atoms with van der Waals surface area (Å²) < 4.78 is 10.8. The number of hydrogen-bond acceptors (Lipinski definition) is 10. The molecule has 2 saturated heterocycles. The van der Waals surface area contributed by atoms with E-state index >= 15 is 0 Å². The van der Waals surface area contributed by atoms with Crippen LogP contribution in [-0.2, 0) is 10.5 Å². The van der Waals surface area contributed by atoms with E-state index in [9.17, 15) is 4.79 Å². The van der Waals surface area contributed by atoms with Gasteiger partial charge in [-0.05, 0) is 56.3 Å². The van der Waals surface area contributed by atoms with E-state index in [1.54, 1.807) is 25.3 Å². The van der Waals surface area contributed by atoms with Crippen LogP contribution >= 0.6 is 0 Å². The quantitative estimate of drug-likeness (QED) is 0.330. The summed E-state index contributed by atoms with van der Waals surface area (Å²) in [6, 6.07) is 15.8. The Labute approximate surface area is 246 Å². The molecule has 3 aliphatic heterocycles. The molecule has 11 heteroatoms. The van der Waals surface area contributed by atoms with Crippen molar-refractivity contribution in [1.29, 1.82) is 0 Å². The molecule has 0 amide bonds. The normalized spacial score (nSPS) is 21.7. The van der Waals surface area contributed by atoms with E-state index in [1.807, 2.05) is 24.4 Å². The maximum absolute atomic E-state index is 12.1. The van der Waals surface area contributed by atoms with Crippen molar-refractivity contribution in [3.63, 3.8) is 0 Å². The second kappa shape index (κ2) is 11.7. The summed E-state index contributed by atoms with van der Waals surface area (Å²) in [5, 5.41) is 6.72. The summed E-state index contributed by atoms with van der Waals surface area (Å²) in [7, 11) is 5.23. The van der Waals surface area contributed by atoms with Crippen LogP contribution in [0.1, 0.15) is 34.5 Å². The number of likely N-dealkylation sites (N-methyl/N-ethyl adjacent to an activating group) is 1. The molecule has 0 aliphatic carbocycles. The van der Waals surface area contributed by atoms with Crippen molar-refractivity contribution in [2.75, 3.05) is 76.1 Å². The number of methoxy groups -OCH3 is 2. The second-order valence-corrected chi connectivity index (χ2v) is 11.3. The molecular weight excluding hydrogens is 532 g/mol. The molecule has 3 aliphatic rings. The first kappa shape index (κ1) is 28.1. The van der Waals surface area contributed by atoms with Gasteiger partial charge in [-0.2, -0.15) is 0 Å². The molecule has 5 N–H and O–H groups in total. The van der Waals surface area contributed by atoms with Crippen LogP contribution in [0.3, 0.4) is 0 Å². The number of nitrogens with one attached hydrogen (secondary N) is 3. The number of H-pyrrole nitrogens is 1. The van der Waals surface area contributed by atoms with Gasteiger partial charge in [0, 0.05) is 68.9 Å². The molecule has 1 unspecified atom stereocenters. The molecule has 222 valence electrons. The largest absolute Gasteiger partial charge is 0.496 e. The van der Waals surface area contributed by atoms with Crippen molar-refractivity contribution >= 4 is 28.9 Å². The SMILES string of the molecule is COC(=O)c1cccc(NC2=NC(N)(c3ccc(N4CCC(N5CCN(C)CC5)CC4)cc3OC)Nc3cc[nH]c32)c1. The topological polar surface area (TPSA) is 123 Å². The molecule has 0 spiro atoms. The molecule has 2 fully saturated rings. The Bertz CT molecular complexity index is 1460. The number of nitrogens with zero attached hydrogens (tertiary/aromatic N) is 4. The molecule has 0 radical (unpaired) electrons. The van der Waals surface area contributed by atoms with E-state index in [0.717, 1.165) is 74.7 Å². The Morgan fingerprint density at radius 1 is 1.05 bits per heavy atom. The van der Waals surface area contributed by atoms with Gasteiger partial charge in [0.15, 0.2) is 5.84 Å². The number of hydrogen-bond donors (Lipinski definition) is 4. The molecular formula is C31H40N8O3. The number of aromatic amines is 1. The lowest BCUT2D eigenvalue weighted by atomic mass is 10.00. The third kappa shape index (κ3) is 5.55. The van der Waals surface area contributed by atoms with Gasteiger partial charge in [-0.25, -0.2) is 9.79 Å². The van der Waals surface area contributed by atoms with Crippen molar-refractivity contribution in [3.8, 4) is 5.75 Å². The number of nitrogens with two attached hydrogens (primary N) is 1. The maximum Gasteiger partial charge on any atom is 0.337 e. The lowest BCUT2D eigenvalue weighted by Gasteiger charge is -2.42. The van der Waals surface area contributed by atoms with E-state index in [2.05, 4.69) is 49.5 Å². The minimum atomic E-state index is -1.30. The number of aromatic nitrogens is 1. The average molecular weight is 573 g/mol. The average Bonchev–Trinajstić information content (AvgIpc) is 3.49. The van der Waals surface area contributed by atoms with E-state index < -0.39 is 11.8 Å². The summed E-state index contributed by atoms with van der Waals surface area (Å²) in [6.07, 6.45) is 4.14. The van der Waals surface area contributed by atoms with Crippen molar-refractivity contribution in [1.82, 2.24) is 14.8 Å². The summed E-state index contributed by atoms with van der Waals surface area (Å²) in [5.41, 5.74) is 11.5. The minimum absolute atomic E-state index is 0.409. The van der Waals surface area contributed by atoms with Gasteiger partial charge >= 0.3 is 5.97 Å². The van der Waals surface area contributed by atoms with E-state index in [4.69, 9.17) is 20.2 Å². The molecule has 1 atom stereocenters. The molecule has 0 saturated carbocycles. The maximum atomic E-state index is 12.1. The van der Waals surface area contributed by atoms with Crippen LogP contribution in [-0.4, -0.2) is 93.2 Å². The molecule has 42 heavy (non-hydrogen) atoms. The highest BCUT2D eigenvalue weighted by Crippen LogP contribution is 2.38. The monoisotopic (exact) mass is 572 g/mol. The van der Waals surface area contributed by atoms with Crippen molar-refractivity contribution < 1.29 is 14.3 Å². The first-order chi connectivity index (χ1) is 20.4. The van der Waals surface area contributed by atoms with Gasteiger partial charge in [0.1, 0.15) is 11.4 Å². The second-order valence-electron chi connectivity index (χ2n) is 11.3. The van der Waals surface area contributed by atoms with Crippen LogP contribution in [0.4, 0.5) is 17.1 Å². The molecule has 1 aromatic heterocycles. The highest BCUT2D eigenvalue weighted by molar-refractivity contribution is 6.12. The number of piperazine rings is 1. The first-order valence-electron chi connectivity index (χ1n) is 14.5. The molecule has 4 heterocycles. The number of piperidine rings is 1. The van der Waals surface area contributed by atoms with E-state index in [0.29, 0.717) is 28.9 Å². The number of ether oxygens (including phenoxy) is 2. The number of anilines is 3. The third-order valence-electron chi connectivity index (χ3n) is 8.62. The number of amidine groups is 1. The summed E-state index contributed by atoms with van der Waals surface area (Å²) in [5.74, 6) is -0.502. The fourth-order valence-electron chi connectivity index (χ4n) is 6.20. The van der Waals surface area contributed by atoms with E-state index in [1.165, 1.54) is 7.11 Å². The molecule has 6 rings (SSSR count). The highest BCUT2D eigenvalue weighted by Gasteiger charge is 2.37. The van der Waals surface area contributed by atoms with Gasteiger partial charge < -0.3 is 34.9 Å². The Balaban J connectivity index is 1.23. The van der Waals surface area contributed by atoms with Crippen LogP contribution in [0.25, 0.3) is 0 Å². The summed E-state index contributed by atoms with van der Waals surface area (Å²) in [4.78, 5) is 27.7. The van der Waals surface area contributed by atoms with Gasteiger partial charge in [0.05, 0.1) is 31.0 Å². The Morgan fingerprint density at radius 3 is 2.57 bits per heavy atom. The third-order valence-corrected chi connectivity index (χ3v) is 8.62. The van der Waals surface area contributed by atoms with Gasteiger partial charge in [0.25, 0.3) is 0 Å². The van der Waals surface area contributed by atoms with Gasteiger partial charge in [-0.15, -0.1) is 0 Å².